The van der Waals surface area contributed by atoms with Gasteiger partial charge in [-0.05, 0) is 31.0 Å². The van der Waals surface area contributed by atoms with Crippen molar-refractivity contribution in [3.05, 3.63) is 21.4 Å². The maximum absolute atomic E-state index is 11.4. The average Bonchev–Trinajstić information content (AvgIpc) is 2.72. The first-order valence-electron chi connectivity index (χ1n) is 7.41. The summed E-state index contributed by atoms with van der Waals surface area (Å²) in [6.45, 7) is 11.7. The Morgan fingerprint density at radius 1 is 1.40 bits per heavy atom. The number of thiophene rings is 1. The van der Waals surface area contributed by atoms with Gasteiger partial charge in [-0.2, -0.15) is 0 Å². The standard InChI is InChI=1S/C15H26N2OS2/c1-12(2)9-16-10-15-8-14(13(3)19-15)11-17-4-6-20(18)7-5-17/h8,12,16H,4-7,9-11H2,1-3H3. The Kier molecular flexibility index (Phi) is 6.20. The van der Waals surface area contributed by atoms with E-state index >= 15 is 0 Å². The normalized spacial score (nSPS) is 18.0. The number of nitrogens with zero attached hydrogens (tertiary/aromatic N) is 1. The van der Waals surface area contributed by atoms with Gasteiger partial charge in [-0.1, -0.05) is 13.8 Å². The fraction of sp³-hybridized carbons (Fsp3) is 0.733. The van der Waals surface area contributed by atoms with Crippen molar-refractivity contribution in [2.24, 2.45) is 5.92 Å². The van der Waals surface area contributed by atoms with Crippen LogP contribution in [0.4, 0.5) is 0 Å². The third-order valence-corrected chi connectivity index (χ3v) is 5.96. The van der Waals surface area contributed by atoms with E-state index in [1.807, 2.05) is 11.3 Å². The summed E-state index contributed by atoms with van der Waals surface area (Å²) >= 11 is 1.91. The van der Waals surface area contributed by atoms with Crippen LogP contribution in [0.15, 0.2) is 6.07 Å². The third-order valence-electron chi connectivity index (χ3n) is 3.59. The molecule has 3 nitrogen and oxygen atoms in total. The Morgan fingerprint density at radius 3 is 2.75 bits per heavy atom. The quantitative estimate of drug-likeness (QED) is 0.875. The fourth-order valence-corrected chi connectivity index (χ4v) is 4.54. The van der Waals surface area contributed by atoms with Crippen molar-refractivity contribution in [2.75, 3.05) is 31.1 Å². The van der Waals surface area contributed by atoms with Crippen molar-refractivity contribution in [2.45, 2.75) is 33.9 Å². The molecule has 1 aliphatic rings. The molecule has 114 valence electrons. The number of rotatable bonds is 6. The Morgan fingerprint density at radius 2 is 2.10 bits per heavy atom. The Hall–Kier alpha value is -0.230. The number of hydrogen-bond donors (Lipinski definition) is 1. The lowest BCUT2D eigenvalue weighted by molar-refractivity contribution is 0.291. The molecule has 2 rings (SSSR count). The second-order valence-electron chi connectivity index (χ2n) is 5.94. The number of nitrogens with one attached hydrogen (secondary N) is 1. The largest absolute Gasteiger partial charge is 0.312 e. The summed E-state index contributed by atoms with van der Waals surface area (Å²) in [7, 11) is -0.577. The molecular formula is C15H26N2OS2. The van der Waals surface area contributed by atoms with Gasteiger partial charge in [0.1, 0.15) is 0 Å². The summed E-state index contributed by atoms with van der Waals surface area (Å²) in [6, 6.07) is 2.35. The molecule has 1 saturated heterocycles. The van der Waals surface area contributed by atoms with Crippen LogP contribution in [0.5, 0.6) is 0 Å². The van der Waals surface area contributed by atoms with Crippen LogP contribution in [-0.2, 0) is 23.9 Å². The highest BCUT2D eigenvalue weighted by Crippen LogP contribution is 2.23. The Bertz CT molecular complexity index is 447. The van der Waals surface area contributed by atoms with E-state index in [1.165, 1.54) is 15.3 Å². The highest BCUT2D eigenvalue weighted by atomic mass is 32.2. The molecule has 0 unspecified atom stereocenters. The number of hydrogen-bond acceptors (Lipinski definition) is 4. The highest BCUT2D eigenvalue weighted by Gasteiger charge is 2.16. The maximum Gasteiger partial charge on any atom is 0.0363 e. The molecule has 2 heterocycles. The topological polar surface area (TPSA) is 32.3 Å². The molecule has 1 aromatic rings. The van der Waals surface area contributed by atoms with Crippen molar-refractivity contribution in [1.29, 1.82) is 0 Å². The molecule has 0 radical (unpaired) electrons. The molecule has 0 amide bonds. The molecule has 0 saturated carbocycles. The van der Waals surface area contributed by atoms with E-state index in [9.17, 15) is 4.21 Å². The van der Waals surface area contributed by atoms with E-state index in [0.717, 1.165) is 44.2 Å². The summed E-state index contributed by atoms with van der Waals surface area (Å²) in [4.78, 5) is 5.29. The molecule has 0 spiro atoms. The molecule has 0 bridgehead atoms. The van der Waals surface area contributed by atoms with Gasteiger partial charge in [0.25, 0.3) is 0 Å². The first kappa shape index (κ1) is 16.1. The van der Waals surface area contributed by atoms with Crippen molar-refractivity contribution in [1.82, 2.24) is 10.2 Å². The second-order valence-corrected chi connectivity index (χ2v) is 8.98. The van der Waals surface area contributed by atoms with Gasteiger partial charge < -0.3 is 5.32 Å². The average molecular weight is 315 g/mol. The van der Waals surface area contributed by atoms with Gasteiger partial charge in [0.05, 0.1) is 0 Å². The zero-order valence-electron chi connectivity index (χ0n) is 12.8. The van der Waals surface area contributed by atoms with Gasteiger partial charge in [0, 0.05) is 58.2 Å². The summed E-state index contributed by atoms with van der Waals surface area (Å²) in [5, 5.41) is 3.51. The lowest BCUT2D eigenvalue weighted by Gasteiger charge is -2.25. The lowest BCUT2D eigenvalue weighted by Crippen LogP contribution is -2.37. The van der Waals surface area contributed by atoms with Gasteiger partial charge in [0.2, 0.25) is 0 Å². The second kappa shape index (κ2) is 7.69. The summed E-state index contributed by atoms with van der Waals surface area (Å²) in [5.74, 6) is 2.38. The monoisotopic (exact) mass is 314 g/mol. The van der Waals surface area contributed by atoms with Crippen molar-refractivity contribution >= 4 is 22.1 Å². The van der Waals surface area contributed by atoms with E-state index in [0.29, 0.717) is 5.92 Å². The maximum atomic E-state index is 11.4. The van der Waals surface area contributed by atoms with Crippen LogP contribution in [-0.4, -0.2) is 40.2 Å². The molecule has 5 heteroatoms. The van der Waals surface area contributed by atoms with Crippen molar-refractivity contribution in [3.8, 4) is 0 Å². The van der Waals surface area contributed by atoms with E-state index in [-0.39, 0.29) is 0 Å². The van der Waals surface area contributed by atoms with E-state index in [2.05, 4.69) is 37.1 Å². The van der Waals surface area contributed by atoms with Gasteiger partial charge in [-0.15, -0.1) is 11.3 Å². The summed E-state index contributed by atoms with van der Waals surface area (Å²) < 4.78 is 11.4. The van der Waals surface area contributed by atoms with Gasteiger partial charge in [0.15, 0.2) is 0 Å². The minimum atomic E-state index is -0.577. The Labute approximate surface area is 129 Å². The van der Waals surface area contributed by atoms with Crippen LogP contribution >= 0.6 is 11.3 Å². The molecule has 0 aliphatic carbocycles. The Balaban J connectivity index is 1.85. The molecule has 1 fully saturated rings. The first-order chi connectivity index (χ1) is 9.54. The predicted octanol–water partition coefficient (Wildman–Crippen LogP) is 2.37. The van der Waals surface area contributed by atoms with Gasteiger partial charge in [-0.25, -0.2) is 0 Å². The van der Waals surface area contributed by atoms with Crippen molar-refractivity contribution < 1.29 is 4.21 Å². The zero-order chi connectivity index (χ0) is 14.5. The SMILES string of the molecule is Cc1sc(CNCC(C)C)cc1CN1CCS(=O)CC1. The molecular weight excluding hydrogens is 288 g/mol. The van der Waals surface area contributed by atoms with Crippen LogP contribution in [0.25, 0.3) is 0 Å². The van der Waals surface area contributed by atoms with Crippen LogP contribution in [0.3, 0.4) is 0 Å². The lowest BCUT2D eigenvalue weighted by atomic mass is 10.2. The zero-order valence-corrected chi connectivity index (χ0v) is 14.4. The molecule has 1 aromatic heterocycles. The summed E-state index contributed by atoms with van der Waals surface area (Å²) in [6.07, 6.45) is 0. The van der Waals surface area contributed by atoms with E-state index < -0.39 is 10.8 Å². The molecule has 1 N–H and O–H groups in total. The minimum Gasteiger partial charge on any atom is -0.312 e. The molecule has 1 aliphatic heterocycles. The van der Waals surface area contributed by atoms with E-state index in [1.54, 1.807) is 0 Å². The van der Waals surface area contributed by atoms with Crippen LogP contribution in [0, 0.1) is 12.8 Å². The van der Waals surface area contributed by atoms with Crippen LogP contribution in [0.2, 0.25) is 0 Å². The van der Waals surface area contributed by atoms with Crippen molar-refractivity contribution in [3.63, 3.8) is 0 Å². The minimum absolute atomic E-state index is 0.577. The predicted molar refractivity (Wildman–Crippen MR) is 88.8 cm³/mol. The first-order valence-corrected chi connectivity index (χ1v) is 9.71. The van der Waals surface area contributed by atoms with E-state index in [4.69, 9.17) is 0 Å². The fourth-order valence-electron chi connectivity index (χ4n) is 2.39. The van der Waals surface area contributed by atoms with Gasteiger partial charge in [-0.3, -0.25) is 9.11 Å². The third kappa shape index (κ3) is 4.95. The highest BCUT2D eigenvalue weighted by molar-refractivity contribution is 7.85. The molecule has 0 atom stereocenters. The smallest absolute Gasteiger partial charge is 0.0363 e. The summed E-state index contributed by atoms with van der Waals surface area (Å²) in [5.41, 5.74) is 1.45. The molecule has 20 heavy (non-hydrogen) atoms. The van der Waals surface area contributed by atoms with Crippen LogP contribution < -0.4 is 5.32 Å². The number of aryl methyl sites for hydroxylation is 1. The van der Waals surface area contributed by atoms with Crippen LogP contribution in [0.1, 0.15) is 29.2 Å². The molecule has 0 aromatic carbocycles. The van der Waals surface area contributed by atoms with Gasteiger partial charge >= 0.3 is 0 Å².